The third kappa shape index (κ3) is 2.75. The van der Waals surface area contributed by atoms with E-state index in [-0.39, 0.29) is 12.3 Å². The standard InChI is InChI=1S/C12H13N3O4S/c1-14-8(7-16)6-13-12(14)20-11-4-3-9(19-2)5-10(11)15(17)18/h3-6,16H,7H2,1-2H3. The van der Waals surface area contributed by atoms with Crippen LogP contribution in [0.25, 0.3) is 0 Å². The Hall–Kier alpha value is -2.06. The lowest BCUT2D eigenvalue weighted by molar-refractivity contribution is -0.387. The highest BCUT2D eigenvalue weighted by atomic mass is 32.2. The van der Waals surface area contributed by atoms with Crippen molar-refractivity contribution in [3.63, 3.8) is 0 Å². The summed E-state index contributed by atoms with van der Waals surface area (Å²) in [7, 11) is 3.20. The highest BCUT2D eigenvalue weighted by Crippen LogP contribution is 2.36. The number of imidazole rings is 1. The topological polar surface area (TPSA) is 90.4 Å². The number of hydrogen-bond acceptors (Lipinski definition) is 6. The molecule has 20 heavy (non-hydrogen) atoms. The summed E-state index contributed by atoms with van der Waals surface area (Å²) in [6.45, 7) is -0.130. The van der Waals surface area contributed by atoms with Gasteiger partial charge in [0.1, 0.15) is 5.75 Å². The monoisotopic (exact) mass is 295 g/mol. The molecule has 106 valence electrons. The molecule has 0 amide bonds. The Morgan fingerprint density at radius 3 is 2.85 bits per heavy atom. The molecule has 0 aliphatic rings. The lowest BCUT2D eigenvalue weighted by Gasteiger charge is -2.06. The normalized spacial score (nSPS) is 10.6. The number of aromatic nitrogens is 2. The minimum Gasteiger partial charge on any atom is -0.497 e. The molecule has 0 aliphatic heterocycles. The Labute approximate surface area is 119 Å². The average Bonchev–Trinajstić information content (AvgIpc) is 2.79. The zero-order valence-corrected chi connectivity index (χ0v) is 11.8. The molecule has 0 spiro atoms. The number of nitro benzene ring substituents is 1. The molecule has 2 aromatic rings. The first-order chi connectivity index (χ1) is 9.56. The van der Waals surface area contributed by atoms with E-state index < -0.39 is 4.92 Å². The van der Waals surface area contributed by atoms with Crippen molar-refractivity contribution in [2.75, 3.05) is 7.11 Å². The van der Waals surface area contributed by atoms with E-state index in [1.165, 1.54) is 31.1 Å². The maximum atomic E-state index is 11.1. The number of hydrogen-bond donors (Lipinski definition) is 1. The first-order valence-corrected chi connectivity index (χ1v) is 6.50. The molecule has 0 saturated heterocycles. The fraction of sp³-hybridized carbons (Fsp3) is 0.250. The smallest absolute Gasteiger partial charge is 0.287 e. The van der Waals surface area contributed by atoms with Crippen LogP contribution in [-0.2, 0) is 13.7 Å². The highest BCUT2D eigenvalue weighted by Gasteiger charge is 2.18. The zero-order chi connectivity index (χ0) is 14.7. The Morgan fingerprint density at radius 2 is 2.30 bits per heavy atom. The predicted octanol–water partition coefficient (Wildman–Crippen LogP) is 1.98. The fourth-order valence-electron chi connectivity index (χ4n) is 1.62. The molecule has 7 nitrogen and oxygen atoms in total. The summed E-state index contributed by atoms with van der Waals surface area (Å²) >= 11 is 1.17. The van der Waals surface area contributed by atoms with Gasteiger partial charge in [-0.3, -0.25) is 10.1 Å². The summed E-state index contributed by atoms with van der Waals surface area (Å²) in [6.07, 6.45) is 1.54. The van der Waals surface area contributed by atoms with Crippen LogP contribution in [0.3, 0.4) is 0 Å². The van der Waals surface area contributed by atoms with Gasteiger partial charge in [0.25, 0.3) is 5.69 Å². The molecule has 0 aliphatic carbocycles. The lowest BCUT2D eigenvalue weighted by Crippen LogP contribution is -1.98. The van der Waals surface area contributed by atoms with E-state index in [1.54, 1.807) is 23.7 Å². The van der Waals surface area contributed by atoms with E-state index in [9.17, 15) is 10.1 Å². The fourth-order valence-corrected chi connectivity index (χ4v) is 2.55. The molecule has 1 aromatic carbocycles. The van der Waals surface area contributed by atoms with Crippen molar-refractivity contribution in [1.29, 1.82) is 0 Å². The minimum absolute atomic E-state index is 0.0390. The van der Waals surface area contributed by atoms with Crippen LogP contribution in [0.5, 0.6) is 5.75 Å². The van der Waals surface area contributed by atoms with Crippen LogP contribution in [0.2, 0.25) is 0 Å². The molecule has 0 atom stereocenters. The summed E-state index contributed by atoms with van der Waals surface area (Å²) < 4.78 is 6.68. The van der Waals surface area contributed by atoms with Crippen molar-refractivity contribution < 1.29 is 14.8 Å². The zero-order valence-electron chi connectivity index (χ0n) is 10.9. The van der Waals surface area contributed by atoms with Crippen molar-refractivity contribution in [2.24, 2.45) is 7.05 Å². The number of methoxy groups -OCH3 is 1. The summed E-state index contributed by atoms with van der Waals surface area (Å²) in [6, 6.07) is 4.65. The Morgan fingerprint density at radius 1 is 1.55 bits per heavy atom. The van der Waals surface area contributed by atoms with E-state index in [0.29, 0.717) is 21.5 Å². The molecule has 2 rings (SSSR count). The van der Waals surface area contributed by atoms with Crippen LogP contribution < -0.4 is 4.74 Å². The molecular weight excluding hydrogens is 282 g/mol. The maximum Gasteiger partial charge on any atom is 0.287 e. The largest absolute Gasteiger partial charge is 0.497 e. The van der Waals surface area contributed by atoms with E-state index in [2.05, 4.69) is 4.98 Å². The SMILES string of the molecule is COc1ccc(Sc2ncc(CO)n2C)c([N+](=O)[O-])c1. The van der Waals surface area contributed by atoms with Crippen LogP contribution in [0.15, 0.2) is 34.4 Å². The second-order valence-electron chi connectivity index (χ2n) is 3.94. The molecule has 8 heteroatoms. The van der Waals surface area contributed by atoms with E-state index in [0.717, 1.165) is 0 Å². The molecular formula is C12H13N3O4S. The Kier molecular flexibility index (Phi) is 4.26. The molecule has 1 N–H and O–H groups in total. The van der Waals surface area contributed by atoms with Crippen LogP contribution >= 0.6 is 11.8 Å². The van der Waals surface area contributed by atoms with Gasteiger partial charge in [-0.05, 0) is 23.9 Å². The van der Waals surface area contributed by atoms with Gasteiger partial charge in [0.2, 0.25) is 0 Å². The number of nitro groups is 1. The van der Waals surface area contributed by atoms with Crippen molar-refractivity contribution in [3.05, 3.63) is 40.2 Å². The van der Waals surface area contributed by atoms with Gasteiger partial charge in [-0.1, -0.05) is 0 Å². The molecule has 0 radical (unpaired) electrons. The molecule has 0 bridgehead atoms. The number of aliphatic hydroxyl groups excluding tert-OH is 1. The van der Waals surface area contributed by atoms with E-state index >= 15 is 0 Å². The minimum atomic E-state index is -0.458. The van der Waals surface area contributed by atoms with Crippen molar-refractivity contribution >= 4 is 17.4 Å². The van der Waals surface area contributed by atoms with Gasteiger partial charge < -0.3 is 14.4 Å². The van der Waals surface area contributed by atoms with Gasteiger partial charge in [-0.15, -0.1) is 0 Å². The quantitative estimate of drug-likeness (QED) is 0.670. The molecule has 0 saturated carbocycles. The predicted molar refractivity (Wildman–Crippen MR) is 72.9 cm³/mol. The van der Waals surface area contributed by atoms with Crippen molar-refractivity contribution in [2.45, 2.75) is 16.7 Å². The van der Waals surface area contributed by atoms with Gasteiger partial charge in [0.05, 0.1) is 41.5 Å². The van der Waals surface area contributed by atoms with Gasteiger partial charge >= 0.3 is 0 Å². The average molecular weight is 295 g/mol. The second kappa shape index (κ2) is 5.93. The summed E-state index contributed by atoms with van der Waals surface area (Å²) in [4.78, 5) is 15.2. The Balaban J connectivity index is 2.37. The molecule has 0 fully saturated rings. The van der Waals surface area contributed by atoms with Gasteiger partial charge in [-0.2, -0.15) is 0 Å². The maximum absolute atomic E-state index is 11.1. The second-order valence-corrected chi connectivity index (χ2v) is 4.95. The van der Waals surface area contributed by atoms with Crippen molar-refractivity contribution in [3.8, 4) is 5.75 Å². The van der Waals surface area contributed by atoms with Crippen LogP contribution in [0.4, 0.5) is 5.69 Å². The van der Waals surface area contributed by atoms with E-state index in [1.807, 2.05) is 0 Å². The highest BCUT2D eigenvalue weighted by molar-refractivity contribution is 7.99. The first kappa shape index (κ1) is 14.4. The van der Waals surface area contributed by atoms with E-state index in [4.69, 9.17) is 9.84 Å². The number of aliphatic hydroxyl groups is 1. The summed E-state index contributed by atoms with van der Waals surface area (Å²) in [5, 5.41) is 20.8. The molecule has 1 aromatic heterocycles. The van der Waals surface area contributed by atoms with Crippen molar-refractivity contribution in [1.82, 2.24) is 9.55 Å². The molecule has 1 heterocycles. The number of rotatable bonds is 5. The van der Waals surface area contributed by atoms with Gasteiger partial charge in [-0.25, -0.2) is 4.98 Å². The number of ether oxygens (including phenoxy) is 1. The van der Waals surface area contributed by atoms with Crippen LogP contribution in [0.1, 0.15) is 5.69 Å². The third-order valence-corrected chi connectivity index (χ3v) is 3.89. The lowest BCUT2D eigenvalue weighted by atomic mass is 10.3. The van der Waals surface area contributed by atoms with Gasteiger partial charge in [0.15, 0.2) is 5.16 Å². The van der Waals surface area contributed by atoms with Crippen LogP contribution in [-0.4, -0.2) is 26.7 Å². The first-order valence-electron chi connectivity index (χ1n) is 5.68. The number of nitrogens with zero attached hydrogens (tertiary/aromatic N) is 3. The van der Waals surface area contributed by atoms with Crippen LogP contribution in [0, 0.1) is 10.1 Å². The third-order valence-electron chi connectivity index (χ3n) is 2.77. The van der Waals surface area contributed by atoms with Gasteiger partial charge in [0, 0.05) is 7.05 Å². The molecule has 0 unspecified atom stereocenters. The summed E-state index contributed by atoms with van der Waals surface area (Å²) in [5.74, 6) is 0.428. The number of benzene rings is 1. The summed E-state index contributed by atoms with van der Waals surface area (Å²) in [5.41, 5.74) is 0.603. The Bertz CT molecular complexity index is 642.